The summed E-state index contributed by atoms with van der Waals surface area (Å²) in [7, 11) is -3.95. The molecule has 1 aliphatic rings. The number of halogens is 1. The Morgan fingerprint density at radius 1 is 1.07 bits per heavy atom. The van der Waals surface area contributed by atoms with Gasteiger partial charge in [-0.2, -0.15) is 0 Å². The molecule has 0 aromatic heterocycles. The van der Waals surface area contributed by atoms with Crippen LogP contribution in [0.15, 0.2) is 47.4 Å². The molecular weight excluding hydrogens is 367 g/mol. The Labute approximate surface area is 159 Å². The number of benzene rings is 2. The van der Waals surface area contributed by atoms with Crippen LogP contribution in [0.2, 0.25) is 0 Å². The fourth-order valence-electron chi connectivity index (χ4n) is 3.39. The lowest BCUT2D eigenvalue weighted by Gasteiger charge is -2.23. The Balaban J connectivity index is 1.84. The second-order valence-corrected chi connectivity index (χ2v) is 8.52. The maximum atomic E-state index is 13.3. The van der Waals surface area contributed by atoms with Gasteiger partial charge in [-0.3, -0.25) is 9.52 Å². The average molecular weight is 390 g/mol. The van der Waals surface area contributed by atoms with Gasteiger partial charge >= 0.3 is 0 Å². The van der Waals surface area contributed by atoms with E-state index in [4.69, 9.17) is 0 Å². The normalized spacial score (nSPS) is 15.3. The van der Waals surface area contributed by atoms with E-state index in [2.05, 4.69) is 10.0 Å². The summed E-state index contributed by atoms with van der Waals surface area (Å²) in [5.41, 5.74) is 0.771. The van der Waals surface area contributed by atoms with Gasteiger partial charge in [0.2, 0.25) is 0 Å². The highest BCUT2D eigenvalue weighted by molar-refractivity contribution is 7.92. The number of hydrogen-bond acceptors (Lipinski definition) is 3. The Hall–Kier alpha value is -2.41. The largest absolute Gasteiger partial charge is 0.349 e. The molecule has 2 aromatic rings. The minimum atomic E-state index is -3.95. The topological polar surface area (TPSA) is 75.3 Å². The fourth-order valence-corrected chi connectivity index (χ4v) is 4.70. The number of nitrogens with one attached hydrogen (secondary N) is 2. The van der Waals surface area contributed by atoms with Crippen LogP contribution in [0.3, 0.4) is 0 Å². The molecule has 0 radical (unpaired) electrons. The van der Waals surface area contributed by atoms with Crippen LogP contribution in [-0.2, 0) is 10.0 Å². The molecule has 5 nitrogen and oxygen atoms in total. The van der Waals surface area contributed by atoms with Crippen molar-refractivity contribution in [3.8, 4) is 0 Å². The number of carbonyl (C=O) groups is 1. The van der Waals surface area contributed by atoms with Gasteiger partial charge in [0.25, 0.3) is 15.9 Å². The van der Waals surface area contributed by atoms with Crippen molar-refractivity contribution in [2.24, 2.45) is 0 Å². The highest BCUT2D eigenvalue weighted by Crippen LogP contribution is 2.24. The van der Waals surface area contributed by atoms with Gasteiger partial charge in [0.15, 0.2) is 0 Å². The van der Waals surface area contributed by atoms with Crippen LogP contribution in [0.5, 0.6) is 0 Å². The third-order valence-electron chi connectivity index (χ3n) is 4.78. The average Bonchev–Trinajstić information content (AvgIpc) is 2.62. The summed E-state index contributed by atoms with van der Waals surface area (Å²) < 4.78 is 41.2. The molecule has 7 heteroatoms. The van der Waals surface area contributed by atoms with E-state index >= 15 is 0 Å². The van der Waals surface area contributed by atoms with Crippen LogP contribution >= 0.6 is 0 Å². The number of carbonyl (C=O) groups excluding carboxylic acids is 1. The van der Waals surface area contributed by atoms with Gasteiger partial charge in [0, 0.05) is 6.04 Å². The Kier molecular flexibility index (Phi) is 5.79. The van der Waals surface area contributed by atoms with E-state index in [0.717, 1.165) is 37.8 Å². The molecule has 27 heavy (non-hydrogen) atoms. The molecule has 2 N–H and O–H groups in total. The number of amides is 1. The van der Waals surface area contributed by atoms with Crippen LogP contribution in [0.25, 0.3) is 0 Å². The van der Waals surface area contributed by atoms with E-state index in [1.54, 1.807) is 24.3 Å². The van der Waals surface area contributed by atoms with Crippen molar-refractivity contribution in [2.75, 3.05) is 4.72 Å². The third-order valence-corrected chi connectivity index (χ3v) is 6.31. The highest BCUT2D eigenvalue weighted by atomic mass is 32.2. The number of hydrogen-bond donors (Lipinski definition) is 2. The molecule has 3 rings (SSSR count). The van der Waals surface area contributed by atoms with Gasteiger partial charge in [0.05, 0.1) is 16.1 Å². The minimum Gasteiger partial charge on any atom is -0.349 e. The van der Waals surface area contributed by atoms with E-state index in [1.165, 1.54) is 19.4 Å². The van der Waals surface area contributed by atoms with Crippen LogP contribution in [-0.4, -0.2) is 20.4 Å². The van der Waals surface area contributed by atoms with Crippen molar-refractivity contribution in [3.05, 3.63) is 59.4 Å². The monoisotopic (exact) mass is 390 g/mol. The molecule has 0 atom stereocenters. The van der Waals surface area contributed by atoms with Crippen molar-refractivity contribution in [1.82, 2.24) is 5.32 Å². The molecule has 1 saturated carbocycles. The molecule has 1 amide bonds. The Bertz CT molecular complexity index is 938. The molecule has 0 saturated heterocycles. The molecule has 0 unspecified atom stereocenters. The SMILES string of the molecule is Cc1cc(F)ccc1S(=O)(=O)Nc1ccccc1C(=O)NC1CCCCC1. The van der Waals surface area contributed by atoms with Crippen molar-refractivity contribution in [2.45, 2.75) is 50.0 Å². The summed E-state index contributed by atoms with van der Waals surface area (Å²) in [4.78, 5) is 12.7. The molecule has 1 fully saturated rings. The number of anilines is 1. The van der Waals surface area contributed by atoms with Gasteiger partial charge in [-0.05, 0) is 55.7 Å². The van der Waals surface area contributed by atoms with Crippen LogP contribution in [0.4, 0.5) is 10.1 Å². The molecule has 0 aliphatic heterocycles. The number of sulfonamides is 1. The molecule has 1 aliphatic carbocycles. The van der Waals surface area contributed by atoms with Crippen LogP contribution < -0.4 is 10.0 Å². The van der Waals surface area contributed by atoms with Crippen molar-refractivity contribution in [1.29, 1.82) is 0 Å². The molecule has 2 aromatic carbocycles. The van der Waals surface area contributed by atoms with E-state index in [-0.39, 0.29) is 28.1 Å². The predicted octanol–water partition coefficient (Wildman–Crippen LogP) is 4.00. The van der Waals surface area contributed by atoms with Gasteiger partial charge in [0.1, 0.15) is 5.82 Å². The molecular formula is C20H23FN2O3S. The first-order valence-corrected chi connectivity index (χ1v) is 10.5. The van der Waals surface area contributed by atoms with Gasteiger partial charge in [-0.15, -0.1) is 0 Å². The zero-order chi connectivity index (χ0) is 19.4. The molecule has 0 bridgehead atoms. The summed E-state index contributed by atoms with van der Waals surface area (Å²) >= 11 is 0. The standard InChI is InChI=1S/C20H23FN2O3S/c1-14-13-15(21)11-12-19(14)27(25,26)23-18-10-6-5-9-17(18)20(24)22-16-7-3-2-4-8-16/h5-6,9-13,16,23H,2-4,7-8H2,1H3,(H,22,24). The minimum absolute atomic E-state index is 0.0219. The summed E-state index contributed by atoms with van der Waals surface area (Å²) in [6, 6.07) is 10.1. The number of aryl methyl sites for hydroxylation is 1. The van der Waals surface area contributed by atoms with Crippen LogP contribution in [0, 0.1) is 12.7 Å². The maximum Gasteiger partial charge on any atom is 0.262 e. The maximum absolute atomic E-state index is 13.3. The first-order valence-electron chi connectivity index (χ1n) is 9.06. The second-order valence-electron chi connectivity index (χ2n) is 6.87. The summed E-state index contributed by atoms with van der Waals surface area (Å²) in [5.74, 6) is -0.797. The van der Waals surface area contributed by atoms with Crippen molar-refractivity contribution >= 4 is 21.6 Å². The molecule has 0 heterocycles. The Morgan fingerprint density at radius 3 is 2.48 bits per heavy atom. The Morgan fingerprint density at radius 2 is 1.78 bits per heavy atom. The summed E-state index contributed by atoms with van der Waals surface area (Å²) in [5, 5.41) is 3.00. The molecule has 0 spiro atoms. The predicted molar refractivity (Wildman–Crippen MR) is 103 cm³/mol. The van der Waals surface area contributed by atoms with E-state index in [0.29, 0.717) is 5.56 Å². The third kappa shape index (κ3) is 4.66. The van der Waals surface area contributed by atoms with Gasteiger partial charge in [-0.1, -0.05) is 31.4 Å². The second kappa shape index (κ2) is 8.08. The quantitative estimate of drug-likeness (QED) is 0.810. The van der Waals surface area contributed by atoms with Gasteiger partial charge in [-0.25, -0.2) is 12.8 Å². The zero-order valence-electron chi connectivity index (χ0n) is 15.2. The fraction of sp³-hybridized carbons (Fsp3) is 0.350. The van der Waals surface area contributed by atoms with E-state index < -0.39 is 15.8 Å². The first kappa shape index (κ1) is 19.4. The number of rotatable bonds is 5. The van der Waals surface area contributed by atoms with Crippen molar-refractivity contribution in [3.63, 3.8) is 0 Å². The zero-order valence-corrected chi connectivity index (χ0v) is 16.0. The van der Waals surface area contributed by atoms with E-state index in [1.807, 2.05) is 0 Å². The summed E-state index contributed by atoms with van der Waals surface area (Å²) in [6.45, 7) is 1.53. The smallest absolute Gasteiger partial charge is 0.262 e. The van der Waals surface area contributed by atoms with Crippen molar-refractivity contribution < 1.29 is 17.6 Å². The summed E-state index contributed by atoms with van der Waals surface area (Å²) in [6.07, 6.45) is 5.23. The molecule has 144 valence electrons. The highest BCUT2D eigenvalue weighted by Gasteiger charge is 2.22. The van der Waals surface area contributed by atoms with Crippen LogP contribution in [0.1, 0.15) is 48.0 Å². The lowest BCUT2D eigenvalue weighted by atomic mass is 9.95. The van der Waals surface area contributed by atoms with Gasteiger partial charge < -0.3 is 5.32 Å². The van der Waals surface area contributed by atoms with E-state index in [9.17, 15) is 17.6 Å². The first-order chi connectivity index (χ1) is 12.9. The number of para-hydroxylation sites is 1. The lowest BCUT2D eigenvalue weighted by Crippen LogP contribution is -2.36. The lowest BCUT2D eigenvalue weighted by molar-refractivity contribution is 0.0928.